The lowest BCUT2D eigenvalue weighted by Gasteiger charge is -2.25. The Morgan fingerprint density at radius 2 is 1.92 bits per heavy atom. The molecule has 1 saturated heterocycles. The second-order valence-electron chi connectivity index (χ2n) is 6.22. The van der Waals surface area contributed by atoms with Crippen LogP contribution in [0.2, 0.25) is 0 Å². The van der Waals surface area contributed by atoms with Crippen LogP contribution in [0.5, 0.6) is 17.2 Å². The number of phenolic OH excluding ortho intramolecular Hbond substituents is 1. The van der Waals surface area contributed by atoms with E-state index in [9.17, 15) is 5.11 Å². The molecule has 130 valence electrons. The second-order valence-corrected chi connectivity index (χ2v) is 6.22. The molecule has 6 nitrogen and oxygen atoms in total. The first-order valence-corrected chi connectivity index (χ1v) is 8.15. The summed E-state index contributed by atoms with van der Waals surface area (Å²) in [4.78, 5) is 2.41. The molecule has 1 aromatic heterocycles. The van der Waals surface area contributed by atoms with Crippen LogP contribution in [0.3, 0.4) is 0 Å². The van der Waals surface area contributed by atoms with Gasteiger partial charge >= 0.3 is 0 Å². The number of aromatic nitrogens is 1. The molecule has 0 radical (unpaired) electrons. The summed E-state index contributed by atoms with van der Waals surface area (Å²) >= 11 is 0. The van der Waals surface area contributed by atoms with Crippen molar-refractivity contribution in [3.05, 3.63) is 34.7 Å². The van der Waals surface area contributed by atoms with E-state index >= 15 is 0 Å². The van der Waals surface area contributed by atoms with Crippen molar-refractivity contribution in [3.63, 3.8) is 0 Å². The third-order valence-electron chi connectivity index (χ3n) is 4.71. The Hall–Kier alpha value is -2.21. The van der Waals surface area contributed by atoms with E-state index in [4.69, 9.17) is 14.0 Å². The normalized spacial score (nSPS) is 18.1. The fraction of sp³-hybridized carbons (Fsp3) is 0.500. The zero-order chi connectivity index (χ0) is 17.3. The van der Waals surface area contributed by atoms with Crippen molar-refractivity contribution < 1.29 is 19.1 Å². The number of hydrogen-bond donors (Lipinski definition) is 1. The van der Waals surface area contributed by atoms with E-state index in [0.29, 0.717) is 17.5 Å². The average Bonchev–Trinajstić information content (AvgIpc) is 3.15. The van der Waals surface area contributed by atoms with E-state index in [1.807, 2.05) is 26.0 Å². The maximum atomic E-state index is 10.1. The molecule has 0 amide bonds. The molecule has 3 rings (SSSR count). The molecule has 0 aliphatic carbocycles. The van der Waals surface area contributed by atoms with Crippen LogP contribution in [0, 0.1) is 13.8 Å². The van der Waals surface area contributed by atoms with E-state index in [1.165, 1.54) is 5.56 Å². The van der Waals surface area contributed by atoms with Crippen LogP contribution in [0.4, 0.5) is 0 Å². The molecule has 2 aromatic rings. The second kappa shape index (κ2) is 6.73. The summed E-state index contributed by atoms with van der Waals surface area (Å²) in [6.07, 6.45) is 2.23. The number of hydrogen-bond acceptors (Lipinski definition) is 6. The Balaban J connectivity index is 1.88. The first-order chi connectivity index (χ1) is 11.5. The van der Waals surface area contributed by atoms with Crippen LogP contribution in [0.1, 0.15) is 41.5 Å². The summed E-state index contributed by atoms with van der Waals surface area (Å²) in [5.74, 6) is 1.78. The summed E-state index contributed by atoms with van der Waals surface area (Å²) in [5, 5.41) is 14.2. The number of rotatable bonds is 5. The molecule has 1 aromatic carbocycles. The fourth-order valence-corrected chi connectivity index (χ4v) is 3.58. The molecule has 1 N–H and O–H groups in total. The minimum Gasteiger partial charge on any atom is -0.502 e. The summed E-state index contributed by atoms with van der Waals surface area (Å²) in [6, 6.07) is 4.03. The topological polar surface area (TPSA) is 68.0 Å². The van der Waals surface area contributed by atoms with Gasteiger partial charge in [-0.25, -0.2) is 0 Å². The van der Waals surface area contributed by atoms with Gasteiger partial charge in [-0.1, -0.05) is 5.16 Å². The van der Waals surface area contributed by atoms with Crippen LogP contribution in [-0.4, -0.2) is 35.9 Å². The minimum atomic E-state index is 0.0347. The van der Waals surface area contributed by atoms with Crippen molar-refractivity contribution in [2.24, 2.45) is 0 Å². The van der Waals surface area contributed by atoms with Gasteiger partial charge in [0.25, 0.3) is 0 Å². The van der Waals surface area contributed by atoms with Crippen molar-refractivity contribution in [3.8, 4) is 17.2 Å². The van der Waals surface area contributed by atoms with Crippen molar-refractivity contribution in [2.75, 3.05) is 20.8 Å². The van der Waals surface area contributed by atoms with Crippen LogP contribution in [0.25, 0.3) is 0 Å². The van der Waals surface area contributed by atoms with Crippen LogP contribution >= 0.6 is 0 Å². The molecular weight excluding hydrogens is 308 g/mol. The van der Waals surface area contributed by atoms with E-state index in [1.54, 1.807) is 14.2 Å². The molecule has 0 spiro atoms. The highest BCUT2D eigenvalue weighted by atomic mass is 16.5. The number of nitrogens with zero attached hydrogens (tertiary/aromatic N) is 2. The number of aromatic hydroxyl groups is 1. The molecule has 2 heterocycles. The zero-order valence-electron chi connectivity index (χ0n) is 14.6. The number of phenols is 1. The first-order valence-electron chi connectivity index (χ1n) is 8.15. The number of methoxy groups -OCH3 is 2. The van der Waals surface area contributed by atoms with Crippen LogP contribution in [-0.2, 0) is 6.54 Å². The van der Waals surface area contributed by atoms with E-state index < -0.39 is 0 Å². The SMILES string of the molecule is COc1cc(CN2CCC[C@H]2c2c(C)noc2C)cc(OC)c1O. The number of aryl methyl sites for hydroxylation is 2. The predicted molar refractivity (Wildman–Crippen MR) is 89.6 cm³/mol. The summed E-state index contributed by atoms with van der Waals surface area (Å²) < 4.78 is 15.9. The average molecular weight is 332 g/mol. The molecule has 6 heteroatoms. The number of ether oxygens (including phenoxy) is 2. The Morgan fingerprint density at radius 3 is 2.46 bits per heavy atom. The van der Waals surface area contributed by atoms with E-state index in [2.05, 4.69) is 10.1 Å². The van der Waals surface area contributed by atoms with Crippen LogP contribution < -0.4 is 9.47 Å². The number of likely N-dealkylation sites (tertiary alicyclic amines) is 1. The minimum absolute atomic E-state index is 0.0347. The number of benzene rings is 1. The Morgan fingerprint density at radius 1 is 1.25 bits per heavy atom. The van der Waals surface area contributed by atoms with Gasteiger partial charge in [0.1, 0.15) is 5.76 Å². The third-order valence-corrected chi connectivity index (χ3v) is 4.71. The highest BCUT2D eigenvalue weighted by Crippen LogP contribution is 2.40. The van der Waals surface area contributed by atoms with Gasteiger partial charge in [0, 0.05) is 18.2 Å². The van der Waals surface area contributed by atoms with E-state index in [-0.39, 0.29) is 5.75 Å². The monoisotopic (exact) mass is 332 g/mol. The molecule has 0 unspecified atom stereocenters. The lowest BCUT2D eigenvalue weighted by molar-refractivity contribution is 0.244. The van der Waals surface area contributed by atoms with Crippen LogP contribution in [0.15, 0.2) is 16.7 Å². The Labute approximate surface area is 142 Å². The lowest BCUT2D eigenvalue weighted by atomic mass is 10.0. The van der Waals surface area contributed by atoms with E-state index in [0.717, 1.165) is 42.9 Å². The summed E-state index contributed by atoms with van der Waals surface area (Å²) in [5.41, 5.74) is 3.20. The zero-order valence-corrected chi connectivity index (χ0v) is 14.6. The first kappa shape index (κ1) is 16.6. The molecule has 24 heavy (non-hydrogen) atoms. The molecular formula is C18H24N2O4. The maximum Gasteiger partial charge on any atom is 0.200 e. The molecule has 1 atom stereocenters. The van der Waals surface area contributed by atoms with Gasteiger partial charge in [-0.15, -0.1) is 0 Å². The van der Waals surface area contributed by atoms with Crippen molar-refractivity contribution in [1.82, 2.24) is 10.1 Å². The molecule has 1 aliphatic rings. The standard InChI is InChI=1S/C18H24N2O4/c1-11-17(12(2)24-19-11)14-6-5-7-20(14)10-13-8-15(22-3)18(21)16(9-13)23-4/h8-9,14,21H,5-7,10H2,1-4H3/t14-/m0/s1. The fourth-order valence-electron chi connectivity index (χ4n) is 3.58. The van der Waals surface area contributed by atoms with Gasteiger partial charge in [-0.2, -0.15) is 0 Å². The predicted octanol–water partition coefficient (Wildman–Crippen LogP) is 3.35. The van der Waals surface area contributed by atoms with Gasteiger partial charge in [0.2, 0.25) is 5.75 Å². The highest BCUT2D eigenvalue weighted by molar-refractivity contribution is 5.52. The van der Waals surface area contributed by atoms with Crippen molar-refractivity contribution >= 4 is 0 Å². The summed E-state index contributed by atoms with van der Waals surface area (Å²) in [6.45, 7) is 5.73. The van der Waals surface area contributed by atoms with Crippen molar-refractivity contribution in [1.29, 1.82) is 0 Å². The van der Waals surface area contributed by atoms with Gasteiger partial charge < -0.3 is 19.1 Å². The molecule has 0 bridgehead atoms. The Kier molecular flexibility index (Phi) is 4.66. The van der Waals surface area contributed by atoms with Crippen molar-refractivity contribution in [2.45, 2.75) is 39.3 Å². The van der Waals surface area contributed by atoms with Gasteiger partial charge in [-0.05, 0) is 50.9 Å². The lowest BCUT2D eigenvalue weighted by Crippen LogP contribution is -2.23. The smallest absolute Gasteiger partial charge is 0.200 e. The highest BCUT2D eigenvalue weighted by Gasteiger charge is 2.31. The molecule has 1 fully saturated rings. The largest absolute Gasteiger partial charge is 0.502 e. The van der Waals surface area contributed by atoms with Gasteiger partial charge in [0.15, 0.2) is 11.5 Å². The van der Waals surface area contributed by atoms with Gasteiger partial charge in [-0.3, -0.25) is 4.90 Å². The quantitative estimate of drug-likeness (QED) is 0.905. The third kappa shape index (κ3) is 2.94. The van der Waals surface area contributed by atoms with Gasteiger partial charge in [0.05, 0.1) is 19.9 Å². The summed E-state index contributed by atoms with van der Waals surface area (Å²) in [7, 11) is 3.08. The molecule has 1 aliphatic heterocycles. The Bertz CT molecular complexity index is 681. The molecule has 0 saturated carbocycles. The maximum absolute atomic E-state index is 10.1.